The van der Waals surface area contributed by atoms with Crippen molar-refractivity contribution in [3.63, 3.8) is 0 Å². The molecule has 0 aliphatic heterocycles. The minimum atomic E-state index is 0.614. The van der Waals surface area contributed by atoms with Crippen molar-refractivity contribution in [2.24, 2.45) is 0 Å². The summed E-state index contributed by atoms with van der Waals surface area (Å²) in [6.07, 6.45) is 6.44. The molecule has 0 unspecified atom stereocenters. The fourth-order valence-corrected chi connectivity index (χ4v) is 1.86. The van der Waals surface area contributed by atoms with Crippen molar-refractivity contribution in [2.45, 2.75) is 32.0 Å². The van der Waals surface area contributed by atoms with Gasteiger partial charge in [0, 0.05) is 32.1 Å². The third-order valence-electron chi connectivity index (χ3n) is 3.21. The Labute approximate surface area is 120 Å². The lowest BCUT2D eigenvalue weighted by Gasteiger charge is -2.09. The van der Waals surface area contributed by atoms with E-state index in [-0.39, 0.29) is 0 Å². The number of aromatic nitrogens is 2. The molecule has 0 amide bonds. The predicted octanol–water partition coefficient (Wildman–Crippen LogP) is 0.815. The summed E-state index contributed by atoms with van der Waals surface area (Å²) in [7, 11) is 1.67. The van der Waals surface area contributed by atoms with Gasteiger partial charge in [0.05, 0.1) is 39.6 Å². The van der Waals surface area contributed by atoms with E-state index in [9.17, 15) is 0 Å². The molecule has 0 aromatic carbocycles. The van der Waals surface area contributed by atoms with Crippen LogP contribution >= 0.6 is 0 Å². The van der Waals surface area contributed by atoms with E-state index in [1.165, 1.54) is 12.8 Å². The molecular weight excluding hydrogens is 258 g/mol. The molecule has 0 atom stereocenters. The molecule has 1 aliphatic carbocycles. The van der Waals surface area contributed by atoms with Crippen LogP contribution in [0.4, 0.5) is 0 Å². The number of imidazole rings is 1. The summed E-state index contributed by atoms with van der Waals surface area (Å²) in [6, 6.07) is 0.709. The highest BCUT2D eigenvalue weighted by atomic mass is 16.5. The van der Waals surface area contributed by atoms with Crippen LogP contribution in [-0.2, 0) is 27.3 Å². The van der Waals surface area contributed by atoms with Crippen molar-refractivity contribution in [2.75, 3.05) is 40.1 Å². The second-order valence-electron chi connectivity index (χ2n) is 4.91. The first-order valence-electron chi connectivity index (χ1n) is 7.28. The van der Waals surface area contributed by atoms with E-state index in [0.29, 0.717) is 39.1 Å². The number of rotatable bonds is 12. The van der Waals surface area contributed by atoms with Crippen LogP contribution in [0.5, 0.6) is 0 Å². The number of hydrogen-bond acceptors (Lipinski definition) is 5. The van der Waals surface area contributed by atoms with Gasteiger partial charge >= 0.3 is 0 Å². The van der Waals surface area contributed by atoms with Crippen LogP contribution in [0.25, 0.3) is 0 Å². The first kappa shape index (κ1) is 15.4. The number of nitrogens with zero attached hydrogens (tertiary/aromatic N) is 2. The van der Waals surface area contributed by atoms with Crippen LogP contribution in [0.15, 0.2) is 12.4 Å². The lowest BCUT2D eigenvalue weighted by molar-refractivity contribution is 0.0229. The molecule has 0 radical (unpaired) electrons. The Balaban J connectivity index is 1.51. The maximum Gasteiger partial charge on any atom is 0.122 e. The fourth-order valence-electron chi connectivity index (χ4n) is 1.86. The minimum absolute atomic E-state index is 0.614. The lowest BCUT2D eigenvalue weighted by Crippen LogP contribution is -2.20. The molecule has 1 fully saturated rings. The van der Waals surface area contributed by atoms with Crippen LogP contribution in [0.1, 0.15) is 18.7 Å². The Morgan fingerprint density at radius 2 is 1.95 bits per heavy atom. The van der Waals surface area contributed by atoms with E-state index in [1.54, 1.807) is 7.11 Å². The summed E-state index contributed by atoms with van der Waals surface area (Å²) in [4.78, 5) is 4.37. The van der Waals surface area contributed by atoms with E-state index >= 15 is 0 Å². The van der Waals surface area contributed by atoms with Gasteiger partial charge in [-0.3, -0.25) is 0 Å². The Morgan fingerprint density at radius 3 is 2.70 bits per heavy atom. The van der Waals surface area contributed by atoms with Crippen LogP contribution in [0.2, 0.25) is 0 Å². The Kier molecular flexibility index (Phi) is 7.00. The zero-order valence-electron chi connectivity index (χ0n) is 12.2. The van der Waals surface area contributed by atoms with Gasteiger partial charge in [-0.05, 0) is 12.8 Å². The van der Waals surface area contributed by atoms with Gasteiger partial charge < -0.3 is 24.1 Å². The monoisotopic (exact) mass is 283 g/mol. The van der Waals surface area contributed by atoms with Crippen molar-refractivity contribution in [1.82, 2.24) is 14.9 Å². The van der Waals surface area contributed by atoms with Gasteiger partial charge in [-0.1, -0.05) is 0 Å². The molecule has 1 aromatic rings. The van der Waals surface area contributed by atoms with Crippen molar-refractivity contribution in [3.05, 3.63) is 18.2 Å². The van der Waals surface area contributed by atoms with Crippen LogP contribution in [0.3, 0.4) is 0 Å². The molecule has 0 spiro atoms. The second kappa shape index (κ2) is 9.07. The standard InChI is InChI=1S/C14H25N3O3/c1-18-8-9-20-11-10-19-7-6-17-5-4-15-14(17)12-16-13-2-3-13/h4-5,13,16H,2-3,6-12H2,1H3. The van der Waals surface area contributed by atoms with Crippen molar-refractivity contribution in [1.29, 1.82) is 0 Å². The van der Waals surface area contributed by atoms with Gasteiger partial charge in [0.2, 0.25) is 0 Å². The largest absolute Gasteiger partial charge is 0.382 e. The molecule has 2 rings (SSSR count). The third kappa shape index (κ3) is 6.00. The molecule has 0 bridgehead atoms. The Bertz CT molecular complexity index is 366. The van der Waals surface area contributed by atoms with Crippen LogP contribution < -0.4 is 5.32 Å². The first-order valence-corrected chi connectivity index (χ1v) is 7.28. The highest BCUT2D eigenvalue weighted by Crippen LogP contribution is 2.18. The third-order valence-corrected chi connectivity index (χ3v) is 3.21. The molecule has 1 aliphatic rings. The Morgan fingerprint density at radius 1 is 1.20 bits per heavy atom. The van der Waals surface area contributed by atoms with Crippen LogP contribution in [-0.4, -0.2) is 55.7 Å². The number of methoxy groups -OCH3 is 1. The quantitative estimate of drug-likeness (QED) is 0.575. The molecule has 0 saturated heterocycles. The van der Waals surface area contributed by atoms with E-state index in [4.69, 9.17) is 14.2 Å². The molecule has 1 aromatic heterocycles. The average molecular weight is 283 g/mol. The maximum absolute atomic E-state index is 5.55. The van der Waals surface area contributed by atoms with Crippen LogP contribution in [0, 0.1) is 0 Å². The van der Waals surface area contributed by atoms with Gasteiger partial charge in [-0.15, -0.1) is 0 Å². The predicted molar refractivity (Wildman–Crippen MR) is 75.6 cm³/mol. The molecule has 1 heterocycles. The van der Waals surface area contributed by atoms with Gasteiger partial charge in [0.25, 0.3) is 0 Å². The summed E-state index contributed by atoms with van der Waals surface area (Å²) in [5, 5.41) is 3.47. The van der Waals surface area contributed by atoms with E-state index in [0.717, 1.165) is 18.9 Å². The average Bonchev–Trinajstić information content (AvgIpc) is 3.19. The van der Waals surface area contributed by atoms with Crippen molar-refractivity contribution < 1.29 is 14.2 Å². The van der Waals surface area contributed by atoms with Gasteiger partial charge in [0.1, 0.15) is 5.82 Å². The highest BCUT2D eigenvalue weighted by Gasteiger charge is 2.20. The topological polar surface area (TPSA) is 57.5 Å². The SMILES string of the molecule is COCCOCCOCCn1ccnc1CNC1CC1. The van der Waals surface area contributed by atoms with Gasteiger partial charge in [0.15, 0.2) is 0 Å². The summed E-state index contributed by atoms with van der Waals surface area (Å²) in [5.74, 6) is 1.08. The molecular formula is C14H25N3O3. The summed E-state index contributed by atoms with van der Waals surface area (Å²) in [5.41, 5.74) is 0. The van der Waals surface area contributed by atoms with E-state index in [2.05, 4.69) is 14.9 Å². The molecule has 114 valence electrons. The van der Waals surface area contributed by atoms with Crippen molar-refractivity contribution in [3.8, 4) is 0 Å². The summed E-state index contributed by atoms with van der Waals surface area (Å²) >= 11 is 0. The first-order chi connectivity index (χ1) is 9.90. The van der Waals surface area contributed by atoms with E-state index < -0.39 is 0 Å². The number of ether oxygens (including phenoxy) is 3. The molecule has 1 saturated carbocycles. The fraction of sp³-hybridized carbons (Fsp3) is 0.786. The zero-order chi connectivity index (χ0) is 14.0. The molecule has 1 N–H and O–H groups in total. The smallest absolute Gasteiger partial charge is 0.122 e. The van der Waals surface area contributed by atoms with Crippen molar-refractivity contribution >= 4 is 0 Å². The van der Waals surface area contributed by atoms with Gasteiger partial charge in [-0.25, -0.2) is 4.98 Å². The lowest BCUT2D eigenvalue weighted by atomic mass is 10.5. The zero-order valence-corrected chi connectivity index (χ0v) is 12.2. The maximum atomic E-state index is 5.55. The summed E-state index contributed by atoms with van der Waals surface area (Å²) in [6.45, 7) is 4.85. The molecule has 6 heteroatoms. The Hall–Kier alpha value is -0.950. The normalized spacial score (nSPS) is 14.8. The minimum Gasteiger partial charge on any atom is -0.382 e. The number of hydrogen-bond donors (Lipinski definition) is 1. The second-order valence-corrected chi connectivity index (χ2v) is 4.91. The van der Waals surface area contributed by atoms with Gasteiger partial charge in [-0.2, -0.15) is 0 Å². The molecule has 20 heavy (non-hydrogen) atoms. The highest BCUT2D eigenvalue weighted by molar-refractivity contribution is 4.94. The number of nitrogens with one attached hydrogen (secondary N) is 1. The molecule has 6 nitrogen and oxygen atoms in total. The van der Waals surface area contributed by atoms with E-state index in [1.807, 2.05) is 12.4 Å². The summed E-state index contributed by atoms with van der Waals surface area (Å²) < 4.78 is 17.9.